The van der Waals surface area contributed by atoms with E-state index in [4.69, 9.17) is 9.15 Å². The zero-order valence-corrected chi connectivity index (χ0v) is 18.0. The Morgan fingerprint density at radius 2 is 1.93 bits per heavy atom. The minimum absolute atomic E-state index is 0. The molecule has 7 nitrogen and oxygen atoms in total. The van der Waals surface area contributed by atoms with E-state index in [2.05, 4.69) is 20.9 Å². The summed E-state index contributed by atoms with van der Waals surface area (Å²) in [7, 11) is 0. The van der Waals surface area contributed by atoms with Gasteiger partial charge in [0.2, 0.25) is 5.91 Å². The molecule has 0 bridgehead atoms. The average molecular weight is 486 g/mol. The van der Waals surface area contributed by atoms with Gasteiger partial charge in [-0.25, -0.2) is 4.99 Å². The SMILES string of the molecule is CCNC(=NCC(=O)NCc1ccco1)NCCOc1ccc(C)cc1.I. The molecule has 3 N–H and O–H groups in total. The number of aryl methyl sites for hydroxylation is 1. The summed E-state index contributed by atoms with van der Waals surface area (Å²) in [5, 5.41) is 9.00. The van der Waals surface area contributed by atoms with Crippen molar-refractivity contribution < 1.29 is 13.9 Å². The fourth-order valence-electron chi connectivity index (χ4n) is 2.12. The van der Waals surface area contributed by atoms with Crippen molar-refractivity contribution in [3.05, 3.63) is 54.0 Å². The Morgan fingerprint density at radius 3 is 2.59 bits per heavy atom. The monoisotopic (exact) mass is 486 g/mol. The van der Waals surface area contributed by atoms with E-state index in [-0.39, 0.29) is 36.4 Å². The van der Waals surface area contributed by atoms with Gasteiger partial charge in [-0.3, -0.25) is 4.79 Å². The predicted octanol–water partition coefficient (Wildman–Crippen LogP) is 2.46. The van der Waals surface area contributed by atoms with Crippen LogP contribution in [0, 0.1) is 6.92 Å². The molecule has 27 heavy (non-hydrogen) atoms. The number of nitrogens with zero attached hydrogens (tertiary/aromatic N) is 1. The first-order valence-corrected chi connectivity index (χ1v) is 8.68. The summed E-state index contributed by atoms with van der Waals surface area (Å²) in [6, 6.07) is 11.5. The van der Waals surface area contributed by atoms with Crippen molar-refractivity contribution in [1.82, 2.24) is 16.0 Å². The highest BCUT2D eigenvalue weighted by molar-refractivity contribution is 14.0. The standard InChI is InChI=1S/C19H26N4O3.HI/c1-3-20-19(21-10-12-26-16-8-6-15(2)7-9-16)23-14-18(24)22-13-17-5-4-11-25-17;/h4-9,11H,3,10,12-14H2,1-2H3,(H,22,24)(H2,20,21,23);1H. The molecule has 1 aromatic carbocycles. The number of guanidine groups is 1. The minimum Gasteiger partial charge on any atom is -0.492 e. The summed E-state index contributed by atoms with van der Waals surface area (Å²) < 4.78 is 10.8. The van der Waals surface area contributed by atoms with Crippen LogP contribution in [0.1, 0.15) is 18.2 Å². The second-order valence-electron chi connectivity index (χ2n) is 5.64. The summed E-state index contributed by atoms with van der Waals surface area (Å²) in [4.78, 5) is 16.1. The maximum Gasteiger partial charge on any atom is 0.242 e. The number of aliphatic imine (C=N–C) groups is 1. The molecular weight excluding hydrogens is 459 g/mol. The molecule has 1 heterocycles. The number of hydrogen-bond acceptors (Lipinski definition) is 4. The van der Waals surface area contributed by atoms with Gasteiger partial charge in [0.15, 0.2) is 5.96 Å². The lowest BCUT2D eigenvalue weighted by atomic mass is 10.2. The Bertz CT molecular complexity index is 687. The van der Waals surface area contributed by atoms with Crippen LogP contribution in [0.2, 0.25) is 0 Å². The number of benzene rings is 1. The quantitative estimate of drug-likeness (QED) is 0.220. The van der Waals surface area contributed by atoms with E-state index in [1.54, 1.807) is 12.3 Å². The second-order valence-corrected chi connectivity index (χ2v) is 5.64. The summed E-state index contributed by atoms with van der Waals surface area (Å²) >= 11 is 0. The molecule has 1 aromatic heterocycles. The van der Waals surface area contributed by atoms with Gasteiger partial charge in [-0.1, -0.05) is 17.7 Å². The Labute approximate surface area is 177 Å². The molecule has 0 unspecified atom stereocenters. The van der Waals surface area contributed by atoms with E-state index in [1.807, 2.05) is 44.2 Å². The first-order valence-electron chi connectivity index (χ1n) is 8.68. The highest BCUT2D eigenvalue weighted by Gasteiger charge is 2.03. The maximum atomic E-state index is 11.8. The van der Waals surface area contributed by atoms with Crippen LogP contribution < -0.4 is 20.7 Å². The van der Waals surface area contributed by atoms with E-state index < -0.39 is 0 Å². The second kappa shape index (κ2) is 13.0. The molecule has 0 saturated heterocycles. The van der Waals surface area contributed by atoms with Crippen molar-refractivity contribution in [2.75, 3.05) is 26.2 Å². The molecule has 8 heteroatoms. The first-order chi connectivity index (χ1) is 12.7. The highest BCUT2D eigenvalue weighted by atomic mass is 127. The third kappa shape index (κ3) is 9.32. The van der Waals surface area contributed by atoms with Crippen molar-refractivity contribution >= 4 is 35.8 Å². The maximum absolute atomic E-state index is 11.8. The number of halogens is 1. The molecule has 0 fully saturated rings. The normalized spacial score (nSPS) is 10.7. The van der Waals surface area contributed by atoms with Gasteiger partial charge in [-0.2, -0.15) is 0 Å². The summed E-state index contributed by atoms with van der Waals surface area (Å²) in [6.45, 7) is 6.18. The van der Waals surface area contributed by atoms with Crippen molar-refractivity contribution in [2.45, 2.75) is 20.4 Å². The molecule has 0 aliphatic heterocycles. The van der Waals surface area contributed by atoms with E-state index in [1.165, 1.54) is 5.56 Å². The van der Waals surface area contributed by atoms with Crippen LogP contribution in [0.3, 0.4) is 0 Å². The lowest BCUT2D eigenvalue weighted by molar-refractivity contribution is -0.119. The van der Waals surface area contributed by atoms with Gasteiger partial charge in [0.05, 0.1) is 19.4 Å². The number of amides is 1. The zero-order chi connectivity index (χ0) is 18.6. The molecule has 2 aromatic rings. The van der Waals surface area contributed by atoms with E-state index >= 15 is 0 Å². The van der Waals surface area contributed by atoms with Crippen LogP contribution in [-0.4, -0.2) is 38.1 Å². The summed E-state index contributed by atoms with van der Waals surface area (Å²) in [6.07, 6.45) is 1.57. The van der Waals surface area contributed by atoms with Gasteiger partial charge >= 0.3 is 0 Å². The van der Waals surface area contributed by atoms with Crippen LogP contribution >= 0.6 is 24.0 Å². The Kier molecular flexibility index (Phi) is 11.0. The average Bonchev–Trinajstić information content (AvgIpc) is 3.16. The van der Waals surface area contributed by atoms with Crippen molar-refractivity contribution in [1.29, 1.82) is 0 Å². The third-order valence-corrected chi connectivity index (χ3v) is 3.45. The van der Waals surface area contributed by atoms with Crippen LogP contribution in [0.5, 0.6) is 5.75 Å². The van der Waals surface area contributed by atoms with Crippen molar-refractivity contribution in [3.8, 4) is 5.75 Å². The van der Waals surface area contributed by atoms with Crippen molar-refractivity contribution in [3.63, 3.8) is 0 Å². The molecule has 1 amide bonds. The number of hydrogen-bond donors (Lipinski definition) is 3. The Balaban J connectivity index is 0.00000364. The molecule has 0 saturated carbocycles. The largest absolute Gasteiger partial charge is 0.492 e. The molecule has 0 aliphatic rings. The fourth-order valence-corrected chi connectivity index (χ4v) is 2.12. The number of ether oxygens (including phenoxy) is 1. The van der Waals surface area contributed by atoms with E-state index in [0.29, 0.717) is 38.0 Å². The molecule has 0 atom stereocenters. The van der Waals surface area contributed by atoms with Gasteiger partial charge in [0.25, 0.3) is 0 Å². The summed E-state index contributed by atoms with van der Waals surface area (Å²) in [5.41, 5.74) is 1.20. The van der Waals surface area contributed by atoms with Gasteiger partial charge in [-0.15, -0.1) is 24.0 Å². The zero-order valence-electron chi connectivity index (χ0n) is 15.7. The van der Waals surface area contributed by atoms with Crippen molar-refractivity contribution in [2.24, 2.45) is 4.99 Å². The highest BCUT2D eigenvalue weighted by Crippen LogP contribution is 2.10. The topological polar surface area (TPSA) is 87.9 Å². The van der Waals surface area contributed by atoms with Crippen LogP contribution in [0.4, 0.5) is 0 Å². The Hall–Kier alpha value is -2.23. The lowest BCUT2D eigenvalue weighted by Gasteiger charge is -2.12. The van der Waals surface area contributed by atoms with Gasteiger partial charge in [0, 0.05) is 6.54 Å². The number of nitrogens with one attached hydrogen (secondary N) is 3. The molecule has 0 aliphatic carbocycles. The molecular formula is C19H27IN4O3. The lowest BCUT2D eigenvalue weighted by Crippen LogP contribution is -2.40. The van der Waals surface area contributed by atoms with Crippen LogP contribution in [0.25, 0.3) is 0 Å². The molecule has 2 rings (SSSR count). The predicted molar refractivity (Wildman–Crippen MR) is 117 cm³/mol. The van der Waals surface area contributed by atoms with Gasteiger partial charge in [0.1, 0.15) is 24.7 Å². The Morgan fingerprint density at radius 1 is 1.15 bits per heavy atom. The number of rotatable bonds is 9. The third-order valence-electron chi connectivity index (χ3n) is 3.45. The van der Waals surface area contributed by atoms with E-state index in [0.717, 1.165) is 5.75 Å². The van der Waals surface area contributed by atoms with Crippen LogP contribution in [0.15, 0.2) is 52.1 Å². The fraction of sp³-hybridized carbons (Fsp3) is 0.368. The molecule has 148 valence electrons. The van der Waals surface area contributed by atoms with E-state index in [9.17, 15) is 4.79 Å². The van der Waals surface area contributed by atoms with Gasteiger partial charge < -0.3 is 25.1 Å². The number of carbonyl (C=O) groups is 1. The minimum atomic E-state index is -0.172. The smallest absolute Gasteiger partial charge is 0.242 e. The first kappa shape index (κ1) is 22.8. The number of carbonyl (C=O) groups excluding carboxylic acids is 1. The molecule has 0 radical (unpaired) electrons. The number of furan rings is 1. The van der Waals surface area contributed by atoms with Gasteiger partial charge in [-0.05, 0) is 38.1 Å². The van der Waals surface area contributed by atoms with Crippen LogP contribution in [-0.2, 0) is 11.3 Å². The molecule has 0 spiro atoms. The summed E-state index contributed by atoms with van der Waals surface area (Å²) in [5.74, 6) is 1.94.